The third kappa shape index (κ3) is 3.29. The third-order valence-corrected chi connectivity index (χ3v) is 9.91. The highest BCUT2D eigenvalue weighted by Gasteiger charge is 2.77. The van der Waals surface area contributed by atoms with E-state index in [1.807, 2.05) is 13.8 Å². The minimum absolute atomic E-state index is 0.0638. The Morgan fingerprint density at radius 3 is 2.49 bits per heavy atom. The maximum Gasteiger partial charge on any atom is 0.306 e. The van der Waals surface area contributed by atoms with Crippen molar-refractivity contribution in [3.8, 4) is 0 Å². The summed E-state index contributed by atoms with van der Waals surface area (Å²) in [6.45, 7) is 8.73. The molecule has 4 rings (SSSR count). The number of halogens is 1. The first-order chi connectivity index (χ1) is 16.3. The predicted molar refractivity (Wildman–Crippen MR) is 127 cm³/mol. The van der Waals surface area contributed by atoms with Gasteiger partial charge in [-0.05, 0) is 50.7 Å². The molecular weight excluding hydrogens is 451 g/mol. The summed E-state index contributed by atoms with van der Waals surface area (Å²) in [6.07, 6.45) is 4.21. The van der Waals surface area contributed by atoms with Gasteiger partial charge in [0.2, 0.25) is 0 Å². The topological polar surface area (TPSA) is 97.7 Å². The van der Waals surface area contributed by atoms with Gasteiger partial charge in [0.1, 0.15) is 5.78 Å². The normalized spacial score (nSPS) is 44.1. The second kappa shape index (κ2) is 8.46. The van der Waals surface area contributed by atoms with Gasteiger partial charge >= 0.3 is 5.97 Å². The van der Waals surface area contributed by atoms with Crippen molar-refractivity contribution < 1.29 is 33.4 Å². The van der Waals surface area contributed by atoms with Crippen LogP contribution < -0.4 is 0 Å². The molecule has 6 nitrogen and oxygen atoms in total. The molecule has 0 spiro atoms. The van der Waals surface area contributed by atoms with Crippen molar-refractivity contribution >= 4 is 23.3 Å². The highest BCUT2D eigenvalue weighted by atomic mass is 19.1. The molecule has 35 heavy (non-hydrogen) atoms. The van der Waals surface area contributed by atoms with Crippen LogP contribution in [0.2, 0.25) is 0 Å². The fourth-order valence-corrected chi connectivity index (χ4v) is 8.09. The van der Waals surface area contributed by atoms with Crippen molar-refractivity contribution in [1.29, 1.82) is 0 Å². The molecule has 0 aromatic carbocycles. The van der Waals surface area contributed by atoms with Crippen LogP contribution in [0.15, 0.2) is 23.8 Å². The fraction of sp³-hybridized carbons (Fsp3) is 0.714. The van der Waals surface area contributed by atoms with E-state index in [1.165, 1.54) is 12.2 Å². The van der Waals surface area contributed by atoms with Crippen LogP contribution in [0.4, 0.5) is 4.39 Å². The molecule has 4 unspecified atom stereocenters. The fourth-order valence-electron chi connectivity index (χ4n) is 8.09. The number of fused-ring (bicyclic) bond motifs is 5. The van der Waals surface area contributed by atoms with Gasteiger partial charge in [0.25, 0.3) is 0 Å². The van der Waals surface area contributed by atoms with Crippen LogP contribution in [0.25, 0.3) is 0 Å². The number of carbonyl (C=O) groups is 4. The Labute approximate surface area is 206 Å². The van der Waals surface area contributed by atoms with Crippen LogP contribution in [-0.2, 0) is 23.9 Å². The number of ether oxygens (including phenoxy) is 1. The van der Waals surface area contributed by atoms with E-state index in [2.05, 4.69) is 0 Å². The summed E-state index contributed by atoms with van der Waals surface area (Å²) in [5, 5.41) is 11.5. The molecule has 192 valence electrons. The number of Topliss-reactive ketones (excluding diaryl/α,β-unsaturated/α-hetero) is 2. The highest BCUT2D eigenvalue weighted by Crippen LogP contribution is 2.71. The molecular formula is C28H37FO6. The summed E-state index contributed by atoms with van der Waals surface area (Å²) in [4.78, 5) is 50.8. The number of alkyl halides is 1. The Hall–Kier alpha value is -2.15. The summed E-state index contributed by atoms with van der Waals surface area (Å²) in [7, 11) is 0. The molecule has 3 fully saturated rings. The van der Waals surface area contributed by atoms with Crippen molar-refractivity contribution in [2.45, 2.75) is 96.9 Å². The van der Waals surface area contributed by atoms with Gasteiger partial charge in [-0.2, -0.15) is 0 Å². The average Bonchev–Trinajstić information content (AvgIpc) is 3.02. The first-order valence-corrected chi connectivity index (χ1v) is 12.9. The first kappa shape index (κ1) is 25.9. The molecule has 4 aliphatic rings. The van der Waals surface area contributed by atoms with Gasteiger partial charge in [0.05, 0.1) is 12.5 Å². The van der Waals surface area contributed by atoms with Gasteiger partial charge in [0, 0.05) is 35.5 Å². The molecule has 0 amide bonds. The van der Waals surface area contributed by atoms with Gasteiger partial charge in [-0.3, -0.25) is 19.2 Å². The van der Waals surface area contributed by atoms with E-state index >= 15 is 4.39 Å². The lowest BCUT2D eigenvalue weighted by Crippen LogP contribution is -2.70. The van der Waals surface area contributed by atoms with Crippen molar-refractivity contribution in [2.24, 2.45) is 28.6 Å². The number of aliphatic hydroxyl groups excluding tert-OH is 1. The zero-order valence-electron chi connectivity index (χ0n) is 21.4. The molecule has 0 aromatic heterocycles. The molecule has 0 radical (unpaired) electrons. The number of carbonyl (C=O) groups excluding carboxylic acids is 4. The number of hydrogen-bond acceptors (Lipinski definition) is 6. The number of ketones is 3. The summed E-state index contributed by atoms with van der Waals surface area (Å²) in [5.41, 5.74) is -5.13. The van der Waals surface area contributed by atoms with Crippen LogP contribution in [0.3, 0.4) is 0 Å². The second-order valence-electron chi connectivity index (χ2n) is 11.5. The van der Waals surface area contributed by atoms with E-state index in [0.717, 1.165) is 0 Å². The predicted octanol–water partition coefficient (Wildman–Crippen LogP) is 4.23. The molecule has 1 N–H and O–H groups in total. The number of aliphatic hydroxyl groups is 1. The molecule has 0 aliphatic heterocycles. The molecule has 3 saturated carbocycles. The Balaban J connectivity index is 1.84. The van der Waals surface area contributed by atoms with Crippen LogP contribution in [0.5, 0.6) is 0 Å². The smallest absolute Gasteiger partial charge is 0.306 e. The SMILES string of the molecule is CCC(=O)CC(=O)[C@@]1(OC(=O)CC)C(C)CC2C3CCC4=CC(=O)C=C[C@]4(C)[C@@]3(F)C(O)C[C@@]21C. The van der Waals surface area contributed by atoms with Crippen LogP contribution in [-0.4, -0.2) is 45.8 Å². The Bertz CT molecular complexity index is 1030. The van der Waals surface area contributed by atoms with E-state index in [9.17, 15) is 24.3 Å². The second-order valence-corrected chi connectivity index (χ2v) is 11.5. The lowest BCUT2D eigenvalue weighted by molar-refractivity contribution is -0.227. The Kier molecular flexibility index (Phi) is 6.27. The Morgan fingerprint density at radius 2 is 1.86 bits per heavy atom. The molecule has 0 heterocycles. The highest BCUT2D eigenvalue weighted by molar-refractivity contribution is 6.04. The van der Waals surface area contributed by atoms with Crippen LogP contribution in [0.1, 0.15) is 79.6 Å². The maximum atomic E-state index is 17.3. The van der Waals surface area contributed by atoms with E-state index in [4.69, 9.17) is 4.74 Å². The van der Waals surface area contributed by atoms with Crippen molar-refractivity contribution in [2.75, 3.05) is 0 Å². The molecule has 7 heteroatoms. The summed E-state index contributed by atoms with van der Waals surface area (Å²) >= 11 is 0. The molecule has 0 aromatic rings. The largest absolute Gasteiger partial charge is 0.450 e. The standard InChI is InChI=1S/C28H37FO6/c1-6-18(30)14-22(32)28(35-24(34)7-2)16(3)12-21-20-9-8-17-13-19(31)10-11-25(17,4)27(20,29)23(33)15-26(21,28)5/h10-11,13,16,20-21,23,33H,6-9,12,14-15H2,1-5H3/t16?,20?,21?,23?,25-,26-,27-,28-/m0/s1. The number of allylic oxidation sites excluding steroid dienone is 4. The zero-order chi connectivity index (χ0) is 26.0. The van der Waals surface area contributed by atoms with Crippen molar-refractivity contribution in [3.05, 3.63) is 23.8 Å². The zero-order valence-corrected chi connectivity index (χ0v) is 21.4. The lowest BCUT2D eigenvalue weighted by Gasteiger charge is -2.62. The minimum atomic E-state index is -2.04. The van der Waals surface area contributed by atoms with Crippen LogP contribution >= 0.6 is 0 Å². The summed E-state index contributed by atoms with van der Waals surface area (Å²) in [6, 6.07) is 0. The van der Waals surface area contributed by atoms with E-state index in [-0.39, 0.29) is 43.2 Å². The van der Waals surface area contributed by atoms with Crippen LogP contribution in [0, 0.1) is 28.6 Å². The molecule has 4 aliphatic carbocycles. The summed E-state index contributed by atoms with van der Waals surface area (Å²) < 4.78 is 23.3. The monoisotopic (exact) mass is 488 g/mol. The van der Waals surface area contributed by atoms with Gasteiger partial charge in [-0.25, -0.2) is 4.39 Å². The van der Waals surface area contributed by atoms with E-state index in [0.29, 0.717) is 24.8 Å². The lowest BCUT2D eigenvalue weighted by atomic mass is 9.44. The minimum Gasteiger partial charge on any atom is -0.450 e. The van der Waals surface area contributed by atoms with Crippen molar-refractivity contribution in [1.82, 2.24) is 0 Å². The molecule has 8 atom stereocenters. The number of hydrogen-bond donors (Lipinski definition) is 1. The van der Waals surface area contributed by atoms with Crippen molar-refractivity contribution in [3.63, 3.8) is 0 Å². The van der Waals surface area contributed by atoms with Gasteiger partial charge < -0.3 is 9.84 Å². The molecule has 0 saturated heterocycles. The van der Waals surface area contributed by atoms with Gasteiger partial charge in [0.15, 0.2) is 22.8 Å². The summed E-state index contributed by atoms with van der Waals surface area (Å²) in [5.74, 6) is -2.80. The third-order valence-electron chi connectivity index (χ3n) is 9.91. The maximum absolute atomic E-state index is 17.3. The average molecular weight is 489 g/mol. The van der Waals surface area contributed by atoms with Gasteiger partial charge in [-0.1, -0.05) is 39.3 Å². The van der Waals surface area contributed by atoms with E-state index in [1.54, 1.807) is 26.8 Å². The quantitative estimate of drug-likeness (QED) is 0.444. The number of rotatable bonds is 6. The first-order valence-electron chi connectivity index (χ1n) is 12.9. The Morgan fingerprint density at radius 1 is 1.17 bits per heavy atom. The number of esters is 1. The van der Waals surface area contributed by atoms with E-state index < -0.39 is 51.8 Å². The van der Waals surface area contributed by atoms with Gasteiger partial charge in [-0.15, -0.1) is 0 Å². The molecule has 0 bridgehead atoms.